The Labute approximate surface area is 143 Å². The Morgan fingerprint density at radius 2 is 1.79 bits per heavy atom. The first-order valence-corrected chi connectivity index (χ1v) is 8.66. The fourth-order valence-electron chi connectivity index (χ4n) is 2.78. The lowest BCUT2D eigenvalue weighted by atomic mass is 9.99. The molecule has 5 heteroatoms. The van der Waals surface area contributed by atoms with Crippen LogP contribution in [0.5, 0.6) is 0 Å². The lowest BCUT2D eigenvalue weighted by molar-refractivity contribution is -0.116. The van der Waals surface area contributed by atoms with Crippen LogP contribution in [0.15, 0.2) is 64.8 Å². The lowest BCUT2D eigenvalue weighted by Crippen LogP contribution is -2.19. The highest BCUT2D eigenvalue weighted by molar-refractivity contribution is 8.15. The molecule has 4 nitrogen and oxygen atoms in total. The average Bonchev–Trinajstić information content (AvgIpc) is 3.04. The first-order chi connectivity index (χ1) is 11.7. The van der Waals surface area contributed by atoms with Crippen LogP contribution in [0.4, 0.5) is 0 Å². The number of nitrogens with one attached hydrogen (secondary N) is 1. The van der Waals surface area contributed by atoms with Crippen molar-refractivity contribution in [1.82, 2.24) is 5.32 Å². The molecule has 0 bridgehead atoms. The highest BCUT2D eigenvalue weighted by Gasteiger charge is 2.16. The molecule has 3 aromatic carbocycles. The summed E-state index contributed by atoms with van der Waals surface area (Å²) in [6.07, 6.45) is 0. The number of hydrogen-bond acceptors (Lipinski definition) is 4. The van der Waals surface area contributed by atoms with E-state index >= 15 is 0 Å². The van der Waals surface area contributed by atoms with E-state index in [9.17, 15) is 4.79 Å². The van der Waals surface area contributed by atoms with Gasteiger partial charge in [0.15, 0.2) is 5.17 Å². The minimum atomic E-state index is -0.0243. The number of amidine groups is 1. The summed E-state index contributed by atoms with van der Waals surface area (Å²) in [5.41, 5.74) is 1.84. The standard InChI is InChI=1S/C19H15N3OS/c1-12(21-22-19-20-18(23)11-24-19)15-9-8-14-7-6-13-4-2-3-5-16(13)17(14)10-15/h2-10H,11H2,1H3,(H,20,22,23)/b21-12-. The maximum Gasteiger partial charge on any atom is 0.236 e. The van der Waals surface area contributed by atoms with Crippen LogP contribution in [-0.4, -0.2) is 22.5 Å². The van der Waals surface area contributed by atoms with Gasteiger partial charge in [-0.3, -0.25) is 4.79 Å². The SMILES string of the molecule is C/C(=N/N=C1\NC(=O)CS1)c1ccc2ccc3ccccc3c2c1. The predicted molar refractivity (Wildman–Crippen MR) is 102 cm³/mol. The quantitative estimate of drug-likeness (QED) is 0.439. The van der Waals surface area contributed by atoms with Crippen LogP contribution >= 0.6 is 11.8 Å². The van der Waals surface area contributed by atoms with E-state index in [1.54, 1.807) is 0 Å². The van der Waals surface area contributed by atoms with Crippen molar-refractivity contribution in [3.63, 3.8) is 0 Å². The summed E-state index contributed by atoms with van der Waals surface area (Å²) in [7, 11) is 0. The van der Waals surface area contributed by atoms with Gasteiger partial charge in [-0.2, -0.15) is 5.10 Å². The first-order valence-electron chi connectivity index (χ1n) is 7.67. The molecule has 1 saturated heterocycles. The van der Waals surface area contributed by atoms with Crippen molar-refractivity contribution < 1.29 is 4.79 Å². The Bertz CT molecular complexity index is 1020. The van der Waals surface area contributed by atoms with Gasteiger partial charge in [-0.1, -0.05) is 60.3 Å². The molecule has 0 saturated carbocycles. The van der Waals surface area contributed by atoms with E-state index in [1.165, 1.54) is 33.3 Å². The van der Waals surface area contributed by atoms with Gasteiger partial charge in [-0.05, 0) is 40.1 Å². The molecule has 0 unspecified atom stereocenters. The summed E-state index contributed by atoms with van der Waals surface area (Å²) in [5.74, 6) is 0.388. The highest BCUT2D eigenvalue weighted by atomic mass is 32.2. The molecule has 3 aromatic rings. The van der Waals surface area contributed by atoms with Crippen molar-refractivity contribution in [3.8, 4) is 0 Å². The van der Waals surface area contributed by atoms with Crippen LogP contribution in [0.25, 0.3) is 21.5 Å². The third-order valence-electron chi connectivity index (χ3n) is 4.04. The van der Waals surface area contributed by atoms with Crippen LogP contribution in [-0.2, 0) is 4.79 Å². The second-order valence-corrected chi connectivity index (χ2v) is 6.61. The van der Waals surface area contributed by atoms with E-state index in [0.717, 1.165) is 11.3 Å². The van der Waals surface area contributed by atoms with Crippen molar-refractivity contribution >= 4 is 50.1 Å². The number of carbonyl (C=O) groups excluding carboxylic acids is 1. The zero-order valence-corrected chi connectivity index (χ0v) is 13.9. The topological polar surface area (TPSA) is 53.8 Å². The summed E-state index contributed by atoms with van der Waals surface area (Å²) >= 11 is 1.37. The van der Waals surface area contributed by atoms with Gasteiger partial charge in [0.2, 0.25) is 5.91 Å². The van der Waals surface area contributed by atoms with E-state index in [1.807, 2.05) is 13.0 Å². The normalized spacial score (nSPS) is 17.0. The van der Waals surface area contributed by atoms with Gasteiger partial charge in [-0.25, -0.2) is 0 Å². The highest BCUT2D eigenvalue weighted by Crippen LogP contribution is 2.26. The molecule has 0 atom stereocenters. The van der Waals surface area contributed by atoms with E-state index in [4.69, 9.17) is 0 Å². The number of amides is 1. The molecule has 0 aliphatic carbocycles. The number of nitrogens with zero attached hydrogens (tertiary/aromatic N) is 2. The molecular weight excluding hydrogens is 318 g/mol. The second kappa shape index (κ2) is 6.09. The molecule has 1 heterocycles. The van der Waals surface area contributed by atoms with Gasteiger partial charge < -0.3 is 5.32 Å². The lowest BCUT2D eigenvalue weighted by Gasteiger charge is -2.06. The molecular formula is C19H15N3OS. The number of rotatable bonds is 2. The second-order valence-electron chi connectivity index (χ2n) is 5.65. The van der Waals surface area contributed by atoms with Crippen molar-refractivity contribution in [2.45, 2.75) is 6.92 Å². The van der Waals surface area contributed by atoms with Crippen molar-refractivity contribution in [1.29, 1.82) is 0 Å². The Kier molecular flexibility index (Phi) is 3.78. The van der Waals surface area contributed by atoms with Crippen molar-refractivity contribution in [2.24, 2.45) is 10.2 Å². The molecule has 1 aliphatic rings. The smallest absolute Gasteiger partial charge is 0.236 e. The predicted octanol–water partition coefficient (Wildman–Crippen LogP) is 3.94. The minimum Gasteiger partial charge on any atom is -0.303 e. The number of thioether (sulfide) groups is 1. The molecule has 1 amide bonds. The Hall–Kier alpha value is -2.66. The molecule has 118 valence electrons. The molecule has 0 radical (unpaired) electrons. The maximum atomic E-state index is 11.2. The third kappa shape index (κ3) is 2.78. The van der Waals surface area contributed by atoms with Gasteiger partial charge in [0.1, 0.15) is 0 Å². The molecule has 24 heavy (non-hydrogen) atoms. The number of fused-ring (bicyclic) bond motifs is 3. The number of hydrogen-bond donors (Lipinski definition) is 1. The minimum absolute atomic E-state index is 0.0243. The largest absolute Gasteiger partial charge is 0.303 e. The molecule has 4 rings (SSSR count). The summed E-state index contributed by atoms with van der Waals surface area (Å²) in [4.78, 5) is 11.2. The zero-order valence-electron chi connectivity index (χ0n) is 13.1. The van der Waals surface area contributed by atoms with Gasteiger partial charge >= 0.3 is 0 Å². The van der Waals surface area contributed by atoms with Crippen LogP contribution in [0.3, 0.4) is 0 Å². The molecule has 1 aliphatic heterocycles. The molecule has 1 fully saturated rings. The number of carbonyl (C=O) groups is 1. The molecule has 0 aromatic heterocycles. The van der Waals surface area contributed by atoms with Gasteiger partial charge in [-0.15, -0.1) is 5.10 Å². The van der Waals surface area contributed by atoms with Crippen molar-refractivity contribution in [2.75, 3.05) is 5.75 Å². The van der Waals surface area contributed by atoms with Gasteiger partial charge in [0, 0.05) is 0 Å². The summed E-state index contributed by atoms with van der Waals surface area (Å²) in [6.45, 7) is 1.93. The Balaban J connectivity index is 1.76. The zero-order chi connectivity index (χ0) is 16.5. The van der Waals surface area contributed by atoms with E-state index in [2.05, 4.69) is 64.1 Å². The van der Waals surface area contributed by atoms with Crippen LogP contribution in [0.2, 0.25) is 0 Å². The van der Waals surface area contributed by atoms with Gasteiger partial charge in [0.25, 0.3) is 0 Å². The van der Waals surface area contributed by atoms with Crippen LogP contribution in [0.1, 0.15) is 12.5 Å². The summed E-state index contributed by atoms with van der Waals surface area (Å²) in [6, 6.07) is 19.0. The van der Waals surface area contributed by atoms with Crippen LogP contribution < -0.4 is 5.32 Å². The molecule has 0 spiro atoms. The first kappa shape index (κ1) is 14.9. The Morgan fingerprint density at radius 3 is 2.58 bits per heavy atom. The monoisotopic (exact) mass is 333 g/mol. The fraction of sp³-hybridized carbons (Fsp3) is 0.105. The van der Waals surface area contributed by atoms with Crippen LogP contribution in [0, 0.1) is 0 Å². The summed E-state index contributed by atoms with van der Waals surface area (Å²) in [5, 5.41) is 16.5. The maximum absolute atomic E-state index is 11.2. The Morgan fingerprint density at radius 1 is 1.04 bits per heavy atom. The fourth-order valence-corrected chi connectivity index (χ4v) is 3.41. The summed E-state index contributed by atoms with van der Waals surface area (Å²) < 4.78 is 0. The third-order valence-corrected chi connectivity index (χ3v) is 4.91. The molecule has 1 N–H and O–H groups in total. The average molecular weight is 333 g/mol. The van der Waals surface area contributed by atoms with E-state index < -0.39 is 0 Å². The van der Waals surface area contributed by atoms with Gasteiger partial charge in [0.05, 0.1) is 11.5 Å². The number of benzene rings is 3. The van der Waals surface area contributed by atoms with Crippen molar-refractivity contribution in [3.05, 3.63) is 60.2 Å². The van der Waals surface area contributed by atoms with E-state index in [0.29, 0.717) is 10.9 Å². The van der Waals surface area contributed by atoms with E-state index in [-0.39, 0.29) is 5.91 Å².